The van der Waals surface area contributed by atoms with Gasteiger partial charge in [-0.3, -0.25) is 0 Å². The third-order valence-electron chi connectivity index (χ3n) is 1.88. The van der Waals surface area contributed by atoms with Crippen LogP contribution in [-0.2, 0) is 0 Å². The van der Waals surface area contributed by atoms with E-state index in [4.69, 9.17) is 0 Å². The van der Waals surface area contributed by atoms with Crippen molar-refractivity contribution in [3.05, 3.63) is 12.2 Å². The smallest absolute Gasteiger partial charge is 0.0648 e. The van der Waals surface area contributed by atoms with Gasteiger partial charge in [0.1, 0.15) is 0 Å². The van der Waals surface area contributed by atoms with Crippen molar-refractivity contribution in [3.8, 4) is 0 Å². The van der Waals surface area contributed by atoms with Crippen molar-refractivity contribution >= 4 is 0 Å². The third-order valence-corrected chi connectivity index (χ3v) is 1.88. The predicted molar refractivity (Wildman–Crippen MR) is 49.4 cm³/mol. The molecule has 2 atom stereocenters. The normalized spacial score (nSPS) is 18.7. The van der Waals surface area contributed by atoms with Crippen LogP contribution >= 0.6 is 0 Å². The minimum Gasteiger partial charge on any atom is -0.392 e. The van der Waals surface area contributed by atoms with Crippen molar-refractivity contribution in [1.29, 1.82) is 0 Å². The van der Waals surface area contributed by atoms with E-state index in [9.17, 15) is 5.11 Å². The minimum atomic E-state index is -0.251. The highest BCUT2D eigenvalue weighted by Gasteiger charge is 2.25. The van der Waals surface area contributed by atoms with Gasteiger partial charge in [-0.2, -0.15) is 0 Å². The van der Waals surface area contributed by atoms with Gasteiger partial charge in [0.05, 0.1) is 6.10 Å². The van der Waals surface area contributed by atoms with E-state index in [0.29, 0.717) is 0 Å². The van der Waals surface area contributed by atoms with Gasteiger partial charge in [-0.25, -0.2) is 0 Å². The SMILES string of the molecule is C/C=C/[C@@H](C)[C@H](O)C(C)(C)C. The molecular weight excluding hydrogens is 136 g/mol. The molecule has 0 aromatic carbocycles. The van der Waals surface area contributed by atoms with Gasteiger partial charge in [0.25, 0.3) is 0 Å². The van der Waals surface area contributed by atoms with Crippen LogP contribution in [0.15, 0.2) is 12.2 Å². The van der Waals surface area contributed by atoms with Crippen molar-refractivity contribution in [2.24, 2.45) is 11.3 Å². The van der Waals surface area contributed by atoms with Crippen molar-refractivity contribution in [1.82, 2.24) is 0 Å². The average Bonchev–Trinajstić information content (AvgIpc) is 1.85. The van der Waals surface area contributed by atoms with Crippen molar-refractivity contribution in [2.75, 3.05) is 0 Å². The number of aliphatic hydroxyl groups excluding tert-OH is 1. The summed E-state index contributed by atoms with van der Waals surface area (Å²) in [5.41, 5.74) is -0.0150. The van der Waals surface area contributed by atoms with Crippen LogP contribution in [-0.4, -0.2) is 11.2 Å². The first-order chi connectivity index (χ1) is 4.89. The second-order valence-electron chi connectivity index (χ2n) is 4.20. The van der Waals surface area contributed by atoms with E-state index in [1.54, 1.807) is 0 Å². The zero-order valence-electron chi connectivity index (χ0n) is 8.26. The molecule has 0 fully saturated rings. The molecule has 0 aromatic rings. The summed E-state index contributed by atoms with van der Waals surface area (Å²) in [6, 6.07) is 0. The molecule has 0 aliphatic heterocycles. The lowest BCUT2D eigenvalue weighted by Crippen LogP contribution is -2.31. The Balaban J connectivity index is 4.13. The van der Waals surface area contributed by atoms with Crippen LogP contribution in [0, 0.1) is 11.3 Å². The Kier molecular flexibility index (Phi) is 3.81. The molecule has 0 amide bonds. The van der Waals surface area contributed by atoms with Gasteiger partial charge in [-0.15, -0.1) is 0 Å². The standard InChI is InChI=1S/C10H20O/c1-6-7-8(2)9(11)10(3,4)5/h6-9,11H,1-5H3/b7-6+/t8-,9+/m1/s1. The molecule has 1 heteroatoms. The zero-order chi connectivity index (χ0) is 9.07. The maximum Gasteiger partial charge on any atom is 0.0648 e. The van der Waals surface area contributed by atoms with Gasteiger partial charge in [-0.05, 0) is 12.3 Å². The summed E-state index contributed by atoms with van der Waals surface area (Å²) in [4.78, 5) is 0. The van der Waals surface area contributed by atoms with Crippen molar-refractivity contribution < 1.29 is 5.11 Å². The molecule has 0 spiro atoms. The molecule has 66 valence electrons. The monoisotopic (exact) mass is 156 g/mol. The van der Waals surface area contributed by atoms with E-state index in [0.717, 1.165) is 0 Å². The highest BCUT2D eigenvalue weighted by molar-refractivity contribution is 4.91. The topological polar surface area (TPSA) is 20.2 Å². The van der Waals surface area contributed by atoms with E-state index < -0.39 is 0 Å². The maximum atomic E-state index is 9.73. The largest absolute Gasteiger partial charge is 0.392 e. The van der Waals surface area contributed by atoms with Crippen LogP contribution in [0.1, 0.15) is 34.6 Å². The molecule has 0 aliphatic carbocycles. The van der Waals surface area contributed by atoms with E-state index in [2.05, 4.69) is 20.8 Å². The molecule has 0 aliphatic rings. The lowest BCUT2D eigenvalue weighted by atomic mass is 9.82. The van der Waals surface area contributed by atoms with Crippen LogP contribution in [0.25, 0.3) is 0 Å². The summed E-state index contributed by atoms with van der Waals surface area (Å²) in [5.74, 6) is 0.250. The molecule has 1 nitrogen and oxygen atoms in total. The van der Waals surface area contributed by atoms with Gasteiger partial charge < -0.3 is 5.11 Å². The summed E-state index contributed by atoms with van der Waals surface area (Å²) in [7, 11) is 0. The molecule has 0 aromatic heterocycles. The Morgan fingerprint density at radius 3 is 2.00 bits per heavy atom. The Morgan fingerprint density at radius 1 is 1.27 bits per heavy atom. The fourth-order valence-electron chi connectivity index (χ4n) is 1.20. The van der Waals surface area contributed by atoms with E-state index in [-0.39, 0.29) is 17.4 Å². The Labute approximate surface area is 70.1 Å². The summed E-state index contributed by atoms with van der Waals surface area (Å²) in [5, 5.41) is 9.73. The maximum absolute atomic E-state index is 9.73. The van der Waals surface area contributed by atoms with Gasteiger partial charge in [0.2, 0.25) is 0 Å². The molecule has 0 saturated heterocycles. The zero-order valence-corrected chi connectivity index (χ0v) is 8.26. The molecule has 0 bridgehead atoms. The fraction of sp³-hybridized carbons (Fsp3) is 0.800. The summed E-state index contributed by atoms with van der Waals surface area (Å²) in [6.45, 7) is 10.2. The molecule has 11 heavy (non-hydrogen) atoms. The quantitative estimate of drug-likeness (QED) is 0.609. The van der Waals surface area contributed by atoms with Crippen LogP contribution < -0.4 is 0 Å². The van der Waals surface area contributed by atoms with Gasteiger partial charge in [0, 0.05) is 5.92 Å². The highest BCUT2D eigenvalue weighted by atomic mass is 16.3. The number of aliphatic hydroxyl groups is 1. The minimum absolute atomic E-state index is 0.0150. The van der Waals surface area contributed by atoms with Crippen LogP contribution in [0.4, 0.5) is 0 Å². The van der Waals surface area contributed by atoms with E-state index >= 15 is 0 Å². The average molecular weight is 156 g/mol. The summed E-state index contributed by atoms with van der Waals surface area (Å²) < 4.78 is 0. The molecule has 0 rings (SSSR count). The highest BCUT2D eigenvalue weighted by Crippen LogP contribution is 2.25. The number of hydrogen-bond donors (Lipinski definition) is 1. The Bertz CT molecular complexity index is 130. The van der Waals surface area contributed by atoms with Crippen molar-refractivity contribution in [3.63, 3.8) is 0 Å². The second-order valence-corrected chi connectivity index (χ2v) is 4.20. The number of hydrogen-bond acceptors (Lipinski definition) is 1. The van der Waals surface area contributed by atoms with Crippen LogP contribution in [0.3, 0.4) is 0 Å². The third kappa shape index (κ3) is 3.57. The van der Waals surface area contributed by atoms with Crippen LogP contribution in [0.5, 0.6) is 0 Å². The van der Waals surface area contributed by atoms with Crippen molar-refractivity contribution in [2.45, 2.75) is 40.7 Å². The summed E-state index contributed by atoms with van der Waals surface area (Å²) in [6.07, 6.45) is 3.77. The van der Waals surface area contributed by atoms with E-state index in [1.807, 2.05) is 26.0 Å². The summed E-state index contributed by atoms with van der Waals surface area (Å²) >= 11 is 0. The molecule has 0 radical (unpaired) electrons. The van der Waals surface area contributed by atoms with Crippen LogP contribution in [0.2, 0.25) is 0 Å². The first-order valence-electron chi connectivity index (χ1n) is 4.20. The molecular formula is C10H20O. The van der Waals surface area contributed by atoms with Gasteiger partial charge in [0.15, 0.2) is 0 Å². The molecule has 0 unspecified atom stereocenters. The fourth-order valence-corrected chi connectivity index (χ4v) is 1.20. The lowest BCUT2D eigenvalue weighted by Gasteiger charge is -2.29. The number of rotatable bonds is 2. The van der Waals surface area contributed by atoms with Gasteiger partial charge >= 0.3 is 0 Å². The molecule has 0 heterocycles. The Morgan fingerprint density at radius 2 is 1.73 bits per heavy atom. The first-order valence-corrected chi connectivity index (χ1v) is 4.20. The molecule has 1 N–H and O–H groups in total. The predicted octanol–water partition coefficient (Wildman–Crippen LogP) is 2.61. The Hall–Kier alpha value is -0.300. The second kappa shape index (κ2) is 3.91. The molecule has 0 saturated carbocycles. The first kappa shape index (κ1) is 10.7. The van der Waals surface area contributed by atoms with E-state index in [1.165, 1.54) is 0 Å². The lowest BCUT2D eigenvalue weighted by molar-refractivity contribution is 0.0337. The van der Waals surface area contributed by atoms with Gasteiger partial charge in [-0.1, -0.05) is 39.8 Å². The number of allylic oxidation sites excluding steroid dienone is 1.